The number of hydrogen-bond donors (Lipinski definition) is 1. The summed E-state index contributed by atoms with van der Waals surface area (Å²) in [6.45, 7) is 2.01. The molecule has 2 rings (SSSR count). The first kappa shape index (κ1) is 10.4. The third-order valence-electron chi connectivity index (χ3n) is 2.59. The first-order valence-corrected chi connectivity index (χ1v) is 6.09. The number of carbonyl (C=O) groups is 1. The molecule has 1 fully saturated rings. The third-order valence-corrected chi connectivity index (χ3v) is 3.49. The highest BCUT2D eigenvalue weighted by Crippen LogP contribution is 2.23. The van der Waals surface area contributed by atoms with Gasteiger partial charge in [0.05, 0.1) is 0 Å². The van der Waals surface area contributed by atoms with Gasteiger partial charge in [-0.15, -0.1) is 11.3 Å². The second-order valence-electron chi connectivity index (χ2n) is 3.72. The lowest BCUT2D eigenvalue weighted by molar-refractivity contribution is 0.0691. The average molecular weight is 226 g/mol. The fourth-order valence-corrected chi connectivity index (χ4v) is 2.62. The number of hydrogen-bond acceptors (Lipinski definition) is 4. The van der Waals surface area contributed by atoms with Crippen LogP contribution in [0.15, 0.2) is 5.38 Å². The van der Waals surface area contributed by atoms with E-state index in [2.05, 4.69) is 9.88 Å². The minimum absolute atomic E-state index is 0.166. The van der Waals surface area contributed by atoms with Crippen molar-refractivity contribution in [2.45, 2.75) is 25.7 Å². The van der Waals surface area contributed by atoms with Crippen LogP contribution in [0.2, 0.25) is 0 Å². The van der Waals surface area contributed by atoms with Gasteiger partial charge in [0.15, 0.2) is 10.8 Å². The average Bonchev–Trinajstić information content (AvgIpc) is 2.55. The molecule has 2 heterocycles. The Morgan fingerprint density at radius 2 is 2.00 bits per heavy atom. The predicted molar refractivity (Wildman–Crippen MR) is 59.8 cm³/mol. The zero-order chi connectivity index (χ0) is 10.7. The van der Waals surface area contributed by atoms with Crippen molar-refractivity contribution < 1.29 is 9.90 Å². The molecule has 82 valence electrons. The number of thiazole rings is 1. The molecule has 0 radical (unpaired) electrons. The van der Waals surface area contributed by atoms with Gasteiger partial charge in [-0.1, -0.05) is 12.8 Å². The molecule has 1 N–H and O–H groups in total. The minimum atomic E-state index is -0.938. The van der Waals surface area contributed by atoms with E-state index < -0.39 is 5.97 Å². The largest absolute Gasteiger partial charge is 0.476 e. The van der Waals surface area contributed by atoms with Crippen molar-refractivity contribution in [2.24, 2.45) is 0 Å². The third kappa shape index (κ3) is 2.47. The molecular weight excluding hydrogens is 212 g/mol. The summed E-state index contributed by atoms with van der Waals surface area (Å²) in [6, 6.07) is 0. The molecule has 0 aliphatic carbocycles. The van der Waals surface area contributed by atoms with Crippen molar-refractivity contribution in [3.8, 4) is 0 Å². The summed E-state index contributed by atoms with van der Waals surface area (Å²) in [5, 5.41) is 11.2. The van der Waals surface area contributed by atoms with Gasteiger partial charge in [-0.05, 0) is 12.8 Å². The monoisotopic (exact) mass is 226 g/mol. The molecule has 4 nitrogen and oxygen atoms in total. The Hall–Kier alpha value is -1.10. The van der Waals surface area contributed by atoms with Crippen LogP contribution in [-0.2, 0) is 0 Å². The molecule has 0 unspecified atom stereocenters. The van der Waals surface area contributed by atoms with Gasteiger partial charge in [0.2, 0.25) is 0 Å². The van der Waals surface area contributed by atoms with Gasteiger partial charge in [0, 0.05) is 18.5 Å². The van der Waals surface area contributed by atoms with Crippen molar-refractivity contribution in [1.29, 1.82) is 0 Å². The summed E-state index contributed by atoms with van der Waals surface area (Å²) >= 11 is 1.43. The van der Waals surface area contributed by atoms with Crippen molar-refractivity contribution in [3.05, 3.63) is 11.1 Å². The highest BCUT2D eigenvalue weighted by atomic mass is 32.1. The van der Waals surface area contributed by atoms with Gasteiger partial charge < -0.3 is 10.0 Å². The van der Waals surface area contributed by atoms with Gasteiger partial charge >= 0.3 is 5.97 Å². The second kappa shape index (κ2) is 4.61. The number of carboxylic acid groups (broad SMARTS) is 1. The van der Waals surface area contributed by atoms with E-state index in [-0.39, 0.29) is 5.69 Å². The molecule has 1 aromatic heterocycles. The van der Waals surface area contributed by atoms with Crippen LogP contribution in [0.3, 0.4) is 0 Å². The molecule has 1 aliphatic rings. The normalized spacial score (nSPS) is 17.5. The molecule has 0 spiro atoms. The Balaban J connectivity index is 2.10. The Kier molecular flexibility index (Phi) is 3.20. The number of anilines is 1. The van der Waals surface area contributed by atoms with E-state index in [1.165, 1.54) is 37.0 Å². The lowest BCUT2D eigenvalue weighted by atomic mass is 10.2. The summed E-state index contributed by atoms with van der Waals surface area (Å²) in [5.41, 5.74) is 0.166. The molecule has 5 heteroatoms. The highest BCUT2D eigenvalue weighted by Gasteiger charge is 2.15. The number of aromatic nitrogens is 1. The van der Waals surface area contributed by atoms with Crippen LogP contribution in [0.4, 0.5) is 5.13 Å². The molecule has 1 aliphatic heterocycles. The fraction of sp³-hybridized carbons (Fsp3) is 0.600. The molecule has 1 saturated heterocycles. The van der Waals surface area contributed by atoms with Gasteiger partial charge in [-0.3, -0.25) is 0 Å². The van der Waals surface area contributed by atoms with Crippen LogP contribution in [-0.4, -0.2) is 29.1 Å². The Bertz CT molecular complexity index is 343. The predicted octanol–water partition coefficient (Wildman–Crippen LogP) is 2.22. The second-order valence-corrected chi connectivity index (χ2v) is 4.56. The summed E-state index contributed by atoms with van der Waals surface area (Å²) in [6.07, 6.45) is 4.91. The van der Waals surface area contributed by atoms with E-state index in [1.807, 2.05) is 0 Å². The lowest BCUT2D eigenvalue weighted by Crippen LogP contribution is -2.23. The van der Waals surface area contributed by atoms with Crippen LogP contribution in [0.1, 0.15) is 36.2 Å². The van der Waals surface area contributed by atoms with Gasteiger partial charge in [-0.25, -0.2) is 9.78 Å². The van der Waals surface area contributed by atoms with E-state index in [9.17, 15) is 4.79 Å². The number of rotatable bonds is 2. The van der Waals surface area contributed by atoms with E-state index >= 15 is 0 Å². The highest BCUT2D eigenvalue weighted by molar-refractivity contribution is 7.13. The summed E-state index contributed by atoms with van der Waals surface area (Å²) in [7, 11) is 0. The van der Waals surface area contributed by atoms with Crippen LogP contribution < -0.4 is 4.90 Å². The molecule has 0 saturated carbocycles. The van der Waals surface area contributed by atoms with E-state index in [0.29, 0.717) is 0 Å². The smallest absolute Gasteiger partial charge is 0.355 e. The zero-order valence-corrected chi connectivity index (χ0v) is 9.29. The molecular formula is C10H14N2O2S. The van der Waals surface area contributed by atoms with Crippen molar-refractivity contribution in [1.82, 2.24) is 4.98 Å². The van der Waals surface area contributed by atoms with Crippen molar-refractivity contribution in [3.63, 3.8) is 0 Å². The van der Waals surface area contributed by atoms with E-state index in [0.717, 1.165) is 18.2 Å². The molecule has 0 amide bonds. The standard InChI is InChI=1S/C10H14N2O2S/c13-9(14)8-7-15-10(11-8)12-5-3-1-2-4-6-12/h7H,1-6H2,(H,13,14). The fourth-order valence-electron chi connectivity index (χ4n) is 1.77. The Labute approximate surface area is 92.6 Å². The molecule has 15 heavy (non-hydrogen) atoms. The van der Waals surface area contributed by atoms with E-state index in [4.69, 9.17) is 5.11 Å². The first-order valence-electron chi connectivity index (χ1n) is 5.21. The van der Waals surface area contributed by atoms with Gasteiger partial charge in [0.1, 0.15) is 0 Å². The van der Waals surface area contributed by atoms with Crippen LogP contribution >= 0.6 is 11.3 Å². The number of carboxylic acids is 1. The molecule has 1 aromatic rings. The number of aromatic carboxylic acids is 1. The maximum atomic E-state index is 10.7. The van der Waals surface area contributed by atoms with Crippen molar-refractivity contribution >= 4 is 22.4 Å². The van der Waals surface area contributed by atoms with E-state index in [1.54, 1.807) is 5.38 Å². The summed E-state index contributed by atoms with van der Waals surface area (Å²) in [5.74, 6) is -0.938. The van der Waals surface area contributed by atoms with Crippen LogP contribution in [0, 0.1) is 0 Å². The summed E-state index contributed by atoms with van der Waals surface area (Å²) in [4.78, 5) is 17.0. The summed E-state index contributed by atoms with van der Waals surface area (Å²) < 4.78 is 0. The molecule has 0 atom stereocenters. The quantitative estimate of drug-likeness (QED) is 0.840. The van der Waals surface area contributed by atoms with Crippen LogP contribution in [0.5, 0.6) is 0 Å². The Morgan fingerprint density at radius 1 is 1.33 bits per heavy atom. The van der Waals surface area contributed by atoms with Gasteiger partial charge in [-0.2, -0.15) is 0 Å². The Morgan fingerprint density at radius 3 is 2.53 bits per heavy atom. The van der Waals surface area contributed by atoms with Crippen molar-refractivity contribution in [2.75, 3.05) is 18.0 Å². The topological polar surface area (TPSA) is 53.4 Å². The van der Waals surface area contributed by atoms with Gasteiger partial charge in [0.25, 0.3) is 0 Å². The maximum absolute atomic E-state index is 10.7. The lowest BCUT2D eigenvalue weighted by Gasteiger charge is -2.18. The molecule has 0 bridgehead atoms. The number of nitrogens with zero attached hydrogens (tertiary/aromatic N) is 2. The minimum Gasteiger partial charge on any atom is -0.476 e. The SMILES string of the molecule is O=C(O)c1csc(N2CCCCCC2)n1. The zero-order valence-electron chi connectivity index (χ0n) is 8.48. The van der Waals surface area contributed by atoms with Crippen LogP contribution in [0.25, 0.3) is 0 Å². The maximum Gasteiger partial charge on any atom is 0.355 e. The molecule has 0 aromatic carbocycles. The first-order chi connectivity index (χ1) is 7.27.